The summed E-state index contributed by atoms with van der Waals surface area (Å²) >= 11 is 0. The van der Waals surface area contributed by atoms with Crippen LogP contribution in [0.3, 0.4) is 0 Å². The van der Waals surface area contributed by atoms with Crippen molar-refractivity contribution in [2.75, 3.05) is 19.5 Å². The largest absolute Gasteiger partial charge is 0.492 e. The average Bonchev–Trinajstić information content (AvgIpc) is 2.76. The van der Waals surface area contributed by atoms with E-state index in [1.54, 1.807) is 13.2 Å². The van der Waals surface area contributed by atoms with Crippen molar-refractivity contribution in [2.24, 2.45) is 0 Å². The molecule has 5 heteroatoms. The summed E-state index contributed by atoms with van der Waals surface area (Å²) in [5.41, 5.74) is 6.29. The highest BCUT2D eigenvalue weighted by atomic mass is 16.5. The summed E-state index contributed by atoms with van der Waals surface area (Å²) < 4.78 is 15.9. The second kappa shape index (κ2) is 4.78. The fourth-order valence-electron chi connectivity index (χ4n) is 1.61. The summed E-state index contributed by atoms with van der Waals surface area (Å²) in [6, 6.07) is 7.21. The van der Waals surface area contributed by atoms with Gasteiger partial charge in [-0.05, 0) is 19.1 Å². The summed E-state index contributed by atoms with van der Waals surface area (Å²) in [4.78, 5) is 0. The number of aromatic nitrogens is 1. The van der Waals surface area contributed by atoms with Crippen molar-refractivity contribution in [3.05, 3.63) is 24.3 Å². The van der Waals surface area contributed by atoms with E-state index in [1.807, 2.05) is 25.1 Å². The average molecular weight is 234 g/mol. The summed E-state index contributed by atoms with van der Waals surface area (Å²) in [7, 11) is 1.58. The number of ether oxygens (including phenoxy) is 2. The quantitative estimate of drug-likeness (QED) is 0.879. The molecule has 5 nitrogen and oxygen atoms in total. The van der Waals surface area contributed by atoms with Crippen LogP contribution in [-0.2, 0) is 0 Å². The topological polar surface area (TPSA) is 70.5 Å². The molecule has 0 aliphatic heterocycles. The molecule has 2 aromatic rings. The van der Waals surface area contributed by atoms with E-state index in [0.717, 1.165) is 5.56 Å². The van der Waals surface area contributed by atoms with Crippen LogP contribution < -0.4 is 15.2 Å². The van der Waals surface area contributed by atoms with Gasteiger partial charge in [0, 0.05) is 6.07 Å². The Morgan fingerprint density at radius 2 is 2.24 bits per heavy atom. The second-order valence-corrected chi connectivity index (χ2v) is 3.39. The van der Waals surface area contributed by atoms with Crippen LogP contribution in [0.15, 0.2) is 28.8 Å². The van der Waals surface area contributed by atoms with Crippen molar-refractivity contribution < 1.29 is 14.0 Å². The molecule has 0 spiro atoms. The number of benzene rings is 1. The molecule has 0 radical (unpaired) electrons. The number of para-hydroxylation sites is 1. The highest BCUT2D eigenvalue weighted by Crippen LogP contribution is 2.38. The molecule has 2 rings (SSSR count). The van der Waals surface area contributed by atoms with Crippen LogP contribution in [0, 0.1) is 0 Å². The molecule has 17 heavy (non-hydrogen) atoms. The molecule has 0 fully saturated rings. The number of hydrogen-bond acceptors (Lipinski definition) is 5. The summed E-state index contributed by atoms with van der Waals surface area (Å²) in [5.74, 6) is 2.18. The summed E-state index contributed by atoms with van der Waals surface area (Å²) in [6.07, 6.45) is 0. The van der Waals surface area contributed by atoms with E-state index in [9.17, 15) is 0 Å². The van der Waals surface area contributed by atoms with Crippen molar-refractivity contribution >= 4 is 5.82 Å². The van der Waals surface area contributed by atoms with E-state index >= 15 is 0 Å². The first-order valence-corrected chi connectivity index (χ1v) is 5.28. The molecule has 90 valence electrons. The van der Waals surface area contributed by atoms with Crippen LogP contribution in [0.1, 0.15) is 6.92 Å². The maximum Gasteiger partial charge on any atom is 0.172 e. The Kier molecular flexibility index (Phi) is 3.18. The van der Waals surface area contributed by atoms with Gasteiger partial charge in [-0.25, -0.2) is 0 Å². The van der Waals surface area contributed by atoms with Gasteiger partial charge in [-0.15, -0.1) is 0 Å². The van der Waals surface area contributed by atoms with Crippen molar-refractivity contribution in [1.82, 2.24) is 5.16 Å². The molecular formula is C12H14N2O3. The Morgan fingerprint density at radius 3 is 2.82 bits per heavy atom. The Labute approximate surface area is 99.1 Å². The first kappa shape index (κ1) is 11.3. The Bertz CT molecular complexity index is 508. The van der Waals surface area contributed by atoms with Gasteiger partial charge in [0.05, 0.1) is 19.3 Å². The van der Waals surface area contributed by atoms with Crippen molar-refractivity contribution in [2.45, 2.75) is 6.92 Å². The van der Waals surface area contributed by atoms with E-state index in [-0.39, 0.29) is 0 Å². The Morgan fingerprint density at radius 1 is 1.41 bits per heavy atom. The molecule has 0 aliphatic carbocycles. The lowest BCUT2D eigenvalue weighted by Crippen LogP contribution is -1.96. The molecule has 1 aromatic heterocycles. The lowest BCUT2D eigenvalue weighted by molar-refractivity contribution is 0.311. The fourth-order valence-corrected chi connectivity index (χ4v) is 1.61. The third kappa shape index (κ3) is 2.18. The monoisotopic (exact) mass is 234 g/mol. The van der Waals surface area contributed by atoms with Gasteiger partial charge in [0.25, 0.3) is 0 Å². The molecular weight excluding hydrogens is 220 g/mol. The van der Waals surface area contributed by atoms with Crippen LogP contribution in [0.4, 0.5) is 5.82 Å². The zero-order valence-corrected chi connectivity index (χ0v) is 9.77. The van der Waals surface area contributed by atoms with Crippen molar-refractivity contribution in [3.8, 4) is 22.8 Å². The Balaban J connectivity index is 2.49. The number of rotatable bonds is 4. The van der Waals surface area contributed by atoms with Gasteiger partial charge in [-0.2, -0.15) is 0 Å². The molecule has 0 atom stereocenters. The third-order valence-electron chi connectivity index (χ3n) is 2.28. The van der Waals surface area contributed by atoms with Gasteiger partial charge in [-0.1, -0.05) is 11.2 Å². The van der Waals surface area contributed by atoms with Gasteiger partial charge in [0.2, 0.25) is 0 Å². The van der Waals surface area contributed by atoms with Gasteiger partial charge in [-0.3, -0.25) is 0 Å². The van der Waals surface area contributed by atoms with Gasteiger partial charge in [0.1, 0.15) is 0 Å². The van der Waals surface area contributed by atoms with Crippen molar-refractivity contribution in [1.29, 1.82) is 0 Å². The molecule has 0 unspecified atom stereocenters. The van der Waals surface area contributed by atoms with Gasteiger partial charge < -0.3 is 19.7 Å². The minimum atomic E-state index is 0.337. The summed E-state index contributed by atoms with van der Waals surface area (Å²) in [6.45, 7) is 2.48. The predicted molar refractivity (Wildman–Crippen MR) is 64.1 cm³/mol. The molecule has 1 heterocycles. The molecule has 0 saturated heterocycles. The number of hydrogen-bond donors (Lipinski definition) is 1. The third-order valence-corrected chi connectivity index (χ3v) is 2.28. The van der Waals surface area contributed by atoms with E-state index in [4.69, 9.17) is 19.7 Å². The number of methoxy groups -OCH3 is 1. The van der Waals surface area contributed by atoms with Crippen LogP contribution in [0.25, 0.3) is 11.3 Å². The van der Waals surface area contributed by atoms with Crippen LogP contribution in [0.2, 0.25) is 0 Å². The van der Waals surface area contributed by atoms with E-state index < -0.39 is 0 Å². The molecule has 0 aliphatic rings. The first-order chi connectivity index (χ1) is 8.26. The zero-order valence-electron chi connectivity index (χ0n) is 9.77. The number of nitrogen functional groups attached to an aromatic ring is 1. The van der Waals surface area contributed by atoms with Gasteiger partial charge >= 0.3 is 0 Å². The molecule has 0 saturated carbocycles. The molecule has 0 bridgehead atoms. The first-order valence-electron chi connectivity index (χ1n) is 5.28. The van der Waals surface area contributed by atoms with Gasteiger partial charge in [0.15, 0.2) is 23.1 Å². The lowest BCUT2D eigenvalue weighted by atomic mass is 10.1. The highest BCUT2D eigenvalue weighted by Gasteiger charge is 2.15. The Hall–Kier alpha value is -2.17. The van der Waals surface area contributed by atoms with Crippen molar-refractivity contribution in [3.63, 3.8) is 0 Å². The minimum absolute atomic E-state index is 0.337. The van der Waals surface area contributed by atoms with Crippen LogP contribution in [0.5, 0.6) is 11.5 Å². The van der Waals surface area contributed by atoms with Crippen LogP contribution >= 0.6 is 0 Å². The predicted octanol–water partition coefficient (Wildman–Crippen LogP) is 2.33. The van der Waals surface area contributed by atoms with Crippen LogP contribution in [-0.4, -0.2) is 18.9 Å². The molecule has 0 amide bonds. The van der Waals surface area contributed by atoms with E-state index in [1.165, 1.54) is 0 Å². The molecule has 1 aromatic carbocycles. The number of nitrogens with zero attached hydrogens (tertiary/aromatic N) is 1. The maximum atomic E-state index is 5.53. The number of nitrogens with two attached hydrogens (primary N) is 1. The fraction of sp³-hybridized carbons (Fsp3) is 0.250. The second-order valence-electron chi connectivity index (χ2n) is 3.39. The number of anilines is 1. The highest BCUT2D eigenvalue weighted by molar-refractivity contribution is 5.71. The summed E-state index contributed by atoms with van der Waals surface area (Å²) in [5, 5.41) is 3.65. The van der Waals surface area contributed by atoms with E-state index in [2.05, 4.69) is 5.16 Å². The smallest absolute Gasteiger partial charge is 0.172 e. The normalized spacial score (nSPS) is 10.2. The SMILES string of the molecule is CCOc1cccc(-c2cc(N)no2)c1OC. The molecule has 2 N–H and O–H groups in total. The lowest BCUT2D eigenvalue weighted by Gasteiger charge is -2.11. The van der Waals surface area contributed by atoms with E-state index in [0.29, 0.717) is 29.7 Å². The standard InChI is InChI=1S/C12H14N2O3/c1-3-16-9-6-4-5-8(12(9)15-2)10-7-11(13)14-17-10/h4-7H,3H2,1-2H3,(H2,13,14). The zero-order chi connectivity index (χ0) is 12.3. The minimum Gasteiger partial charge on any atom is -0.492 e. The maximum absolute atomic E-state index is 5.53.